The summed E-state index contributed by atoms with van der Waals surface area (Å²) in [6.45, 7) is 5.51. The monoisotopic (exact) mass is 372 g/mol. The molecule has 0 spiro atoms. The molecular formula is C23H24N4O. The molecule has 2 heterocycles. The van der Waals surface area contributed by atoms with Gasteiger partial charge in [0.15, 0.2) is 5.65 Å². The smallest absolute Gasteiger partial charge is 0.150 e. The molecule has 5 heteroatoms. The molecule has 0 unspecified atom stereocenters. The molecule has 0 atom stereocenters. The van der Waals surface area contributed by atoms with Gasteiger partial charge in [-0.25, -0.2) is 9.97 Å². The molecular weight excluding hydrogens is 348 g/mol. The second kappa shape index (κ2) is 7.82. The van der Waals surface area contributed by atoms with E-state index in [9.17, 15) is 0 Å². The van der Waals surface area contributed by atoms with E-state index in [0.717, 1.165) is 33.7 Å². The highest BCUT2D eigenvalue weighted by Crippen LogP contribution is 2.35. The second-order valence-electron chi connectivity index (χ2n) is 6.96. The number of nitrogens with one attached hydrogen (secondary N) is 1. The number of benzene rings is 2. The summed E-state index contributed by atoms with van der Waals surface area (Å²) in [5.41, 5.74) is 6.67. The van der Waals surface area contributed by atoms with Gasteiger partial charge in [-0.3, -0.25) is 0 Å². The minimum Gasteiger partial charge on any atom is -0.383 e. The van der Waals surface area contributed by atoms with Crippen LogP contribution in [-0.4, -0.2) is 34.8 Å². The Morgan fingerprint density at radius 1 is 1.00 bits per heavy atom. The van der Waals surface area contributed by atoms with Crippen LogP contribution in [0.15, 0.2) is 61.1 Å². The van der Waals surface area contributed by atoms with Crippen LogP contribution >= 0.6 is 0 Å². The summed E-state index contributed by atoms with van der Waals surface area (Å²) in [5, 5.41) is 4.42. The highest BCUT2D eigenvalue weighted by molar-refractivity contribution is 6.02. The first-order valence-electron chi connectivity index (χ1n) is 9.40. The Labute approximate surface area is 165 Å². The van der Waals surface area contributed by atoms with Crippen molar-refractivity contribution in [1.82, 2.24) is 14.5 Å². The first-order chi connectivity index (χ1) is 13.7. The highest BCUT2D eigenvalue weighted by atomic mass is 16.5. The first-order valence-corrected chi connectivity index (χ1v) is 9.40. The lowest BCUT2D eigenvalue weighted by Crippen LogP contribution is -2.09. The number of methoxy groups -OCH3 is 1. The molecule has 0 aliphatic carbocycles. The van der Waals surface area contributed by atoms with Crippen LogP contribution in [-0.2, 0) is 4.74 Å². The minimum atomic E-state index is 0.615. The van der Waals surface area contributed by atoms with E-state index in [4.69, 9.17) is 4.74 Å². The fourth-order valence-electron chi connectivity index (χ4n) is 3.47. The van der Waals surface area contributed by atoms with Crippen molar-refractivity contribution in [2.24, 2.45) is 0 Å². The van der Waals surface area contributed by atoms with E-state index in [1.165, 1.54) is 11.1 Å². The van der Waals surface area contributed by atoms with Crippen LogP contribution in [0.3, 0.4) is 0 Å². The molecule has 28 heavy (non-hydrogen) atoms. The molecule has 0 amide bonds. The Balaban J connectivity index is 1.95. The quantitative estimate of drug-likeness (QED) is 0.496. The summed E-state index contributed by atoms with van der Waals surface area (Å²) in [5.74, 6) is 0.824. The molecule has 142 valence electrons. The van der Waals surface area contributed by atoms with Gasteiger partial charge >= 0.3 is 0 Å². The summed E-state index contributed by atoms with van der Waals surface area (Å²) in [4.78, 5) is 9.15. The van der Waals surface area contributed by atoms with Crippen LogP contribution < -0.4 is 5.32 Å². The lowest BCUT2D eigenvalue weighted by atomic mass is 10.0. The van der Waals surface area contributed by atoms with Crippen LogP contribution in [0.2, 0.25) is 0 Å². The third kappa shape index (κ3) is 3.49. The zero-order chi connectivity index (χ0) is 19.5. The van der Waals surface area contributed by atoms with Gasteiger partial charge in [-0.05, 0) is 37.1 Å². The molecule has 0 aliphatic rings. The van der Waals surface area contributed by atoms with Gasteiger partial charge in [-0.2, -0.15) is 0 Å². The Morgan fingerprint density at radius 2 is 1.79 bits per heavy atom. The van der Waals surface area contributed by atoms with Crippen LogP contribution in [0, 0.1) is 13.8 Å². The van der Waals surface area contributed by atoms with E-state index in [1.807, 2.05) is 0 Å². The van der Waals surface area contributed by atoms with Crippen molar-refractivity contribution in [3.63, 3.8) is 0 Å². The van der Waals surface area contributed by atoms with Gasteiger partial charge in [0.1, 0.15) is 12.1 Å². The van der Waals surface area contributed by atoms with Crippen molar-refractivity contribution in [3.05, 3.63) is 72.2 Å². The van der Waals surface area contributed by atoms with E-state index in [1.54, 1.807) is 13.4 Å². The van der Waals surface area contributed by atoms with Crippen molar-refractivity contribution >= 4 is 16.9 Å². The van der Waals surface area contributed by atoms with Gasteiger partial charge in [0, 0.05) is 31.1 Å². The Kier molecular flexibility index (Phi) is 5.08. The number of nitrogens with zero attached hydrogens (tertiary/aromatic N) is 3. The first kappa shape index (κ1) is 18.2. The predicted octanol–water partition coefficient (Wildman–Crippen LogP) is 4.76. The van der Waals surface area contributed by atoms with E-state index in [2.05, 4.69) is 88.4 Å². The lowest BCUT2D eigenvalue weighted by Gasteiger charge is -2.09. The van der Waals surface area contributed by atoms with Crippen molar-refractivity contribution in [2.45, 2.75) is 13.8 Å². The Bertz CT molecular complexity index is 1120. The lowest BCUT2D eigenvalue weighted by molar-refractivity contribution is 0.210. The number of rotatable bonds is 6. The highest BCUT2D eigenvalue weighted by Gasteiger charge is 2.17. The topological polar surface area (TPSA) is 52.0 Å². The zero-order valence-corrected chi connectivity index (χ0v) is 16.4. The fraction of sp³-hybridized carbons (Fsp3) is 0.217. The number of aromatic nitrogens is 3. The number of hydrogen-bond donors (Lipinski definition) is 1. The van der Waals surface area contributed by atoms with Gasteiger partial charge in [-0.1, -0.05) is 42.0 Å². The van der Waals surface area contributed by atoms with E-state index in [0.29, 0.717) is 13.2 Å². The van der Waals surface area contributed by atoms with Gasteiger partial charge in [-0.15, -0.1) is 0 Å². The van der Waals surface area contributed by atoms with Crippen LogP contribution in [0.25, 0.3) is 27.8 Å². The van der Waals surface area contributed by atoms with Crippen molar-refractivity contribution in [3.8, 4) is 16.8 Å². The Morgan fingerprint density at radius 3 is 2.54 bits per heavy atom. The van der Waals surface area contributed by atoms with Crippen molar-refractivity contribution in [1.29, 1.82) is 0 Å². The standard InChI is InChI=1S/C23H24N4O/c1-16-6-4-8-18(12-16)20-14-27(19-9-5-7-17(2)13-19)23-21(20)22(25-15-26-23)24-10-11-28-3/h4-9,12-15H,10-11H2,1-3H3,(H,24,25,26). The number of hydrogen-bond acceptors (Lipinski definition) is 4. The number of fused-ring (bicyclic) bond motifs is 1. The molecule has 0 fully saturated rings. The molecule has 2 aromatic carbocycles. The van der Waals surface area contributed by atoms with E-state index >= 15 is 0 Å². The summed E-state index contributed by atoms with van der Waals surface area (Å²) >= 11 is 0. The van der Waals surface area contributed by atoms with Gasteiger partial charge in [0.2, 0.25) is 0 Å². The number of aryl methyl sites for hydroxylation is 2. The average molecular weight is 372 g/mol. The molecule has 4 aromatic rings. The molecule has 0 saturated carbocycles. The predicted molar refractivity (Wildman–Crippen MR) is 114 cm³/mol. The molecule has 0 saturated heterocycles. The third-order valence-electron chi connectivity index (χ3n) is 4.79. The largest absolute Gasteiger partial charge is 0.383 e. The summed E-state index contributed by atoms with van der Waals surface area (Å²) in [6, 6.07) is 17.0. The molecule has 0 bridgehead atoms. The van der Waals surface area contributed by atoms with E-state index < -0.39 is 0 Å². The zero-order valence-electron chi connectivity index (χ0n) is 16.4. The summed E-state index contributed by atoms with van der Waals surface area (Å²) < 4.78 is 7.32. The maximum atomic E-state index is 5.18. The fourth-order valence-corrected chi connectivity index (χ4v) is 3.47. The summed E-state index contributed by atoms with van der Waals surface area (Å²) in [6.07, 6.45) is 3.77. The molecule has 5 nitrogen and oxygen atoms in total. The van der Waals surface area contributed by atoms with Crippen LogP contribution in [0.5, 0.6) is 0 Å². The molecule has 2 aromatic heterocycles. The van der Waals surface area contributed by atoms with Gasteiger partial charge in [0.05, 0.1) is 12.0 Å². The SMILES string of the molecule is COCCNc1ncnc2c1c(-c1cccc(C)c1)cn2-c1cccc(C)c1. The maximum Gasteiger partial charge on any atom is 0.150 e. The van der Waals surface area contributed by atoms with Gasteiger partial charge < -0.3 is 14.6 Å². The van der Waals surface area contributed by atoms with Crippen LogP contribution in [0.1, 0.15) is 11.1 Å². The number of ether oxygens (including phenoxy) is 1. The maximum absolute atomic E-state index is 5.18. The van der Waals surface area contributed by atoms with Crippen molar-refractivity contribution in [2.75, 3.05) is 25.6 Å². The summed E-state index contributed by atoms with van der Waals surface area (Å²) in [7, 11) is 1.70. The Hall–Kier alpha value is -3.18. The normalized spacial score (nSPS) is 11.1. The number of anilines is 1. The molecule has 4 rings (SSSR count). The third-order valence-corrected chi connectivity index (χ3v) is 4.79. The molecule has 1 N–H and O–H groups in total. The second-order valence-corrected chi connectivity index (χ2v) is 6.96. The van der Waals surface area contributed by atoms with Crippen LogP contribution in [0.4, 0.5) is 5.82 Å². The van der Waals surface area contributed by atoms with Crippen molar-refractivity contribution < 1.29 is 4.74 Å². The van der Waals surface area contributed by atoms with E-state index in [-0.39, 0.29) is 0 Å². The molecule has 0 radical (unpaired) electrons. The average Bonchev–Trinajstić information content (AvgIpc) is 3.09. The van der Waals surface area contributed by atoms with Gasteiger partial charge in [0.25, 0.3) is 0 Å². The molecule has 0 aliphatic heterocycles. The minimum absolute atomic E-state index is 0.615.